The zero-order valence-corrected chi connectivity index (χ0v) is 12.5. The fourth-order valence-electron chi connectivity index (χ4n) is 3.91. The van der Waals surface area contributed by atoms with Gasteiger partial charge >= 0.3 is 0 Å². The number of carbonyl (C=O) groups excluding carboxylic acids is 1. The molecule has 0 aromatic heterocycles. The molecule has 1 aliphatic heterocycles. The molecular formula is C16H29NO2. The monoisotopic (exact) mass is 267 g/mol. The summed E-state index contributed by atoms with van der Waals surface area (Å²) < 4.78 is 0. The van der Waals surface area contributed by atoms with Crippen molar-refractivity contribution in [2.24, 2.45) is 11.8 Å². The highest BCUT2D eigenvalue weighted by Gasteiger charge is 2.31. The van der Waals surface area contributed by atoms with Gasteiger partial charge in [-0.15, -0.1) is 0 Å². The number of nitrogens with zero attached hydrogens (tertiary/aromatic N) is 1. The Morgan fingerprint density at radius 2 is 2.11 bits per heavy atom. The lowest BCUT2D eigenvalue weighted by Crippen LogP contribution is -2.38. The fourth-order valence-corrected chi connectivity index (χ4v) is 3.91. The molecule has 0 aromatic carbocycles. The maximum Gasteiger partial charge on any atom is 0.223 e. The van der Waals surface area contributed by atoms with Crippen LogP contribution in [0.1, 0.15) is 65.2 Å². The fraction of sp³-hybridized carbons (Fsp3) is 0.938. The average Bonchev–Trinajstić information content (AvgIpc) is 2.76. The summed E-state index contributed by atoms with van der Waals surface area (Å²) in [6.07, 6.45) is 8.42. The minimum Gasteiger partial charge on any atom is -0.393 e. The third kappa shape index (κ3) is 4.20. The summed E-state index contributed by atoms with van der Waals surface area (Å²) in [5.74, 6) is 1.73. The first-order valence-corrected chi connectivity index (χ1v) is 8.03. The second-order valence-corrected chi connectivity index (χ2v) is 6.81. The summed E-state index contributed by atoms with van der Waals surface area (Å²) in [6.45, 7) is 5.03. The summed E-state index contributed by atoms with van der Waals surface area (Å²) in [5, 5.41) is 9.53. The molecule has 1 saturated heterocycles. The largest absolute Gasteiger partial charge is 0.393 e. The summed E-state index contributed by atoms with van der Waals surface area (Å²) in [4.78, 5) is 14.5. The Kier molecular flexibility index (Phi) is 5.26. The molecule has 4 unspecified atom stereocenters. The van der Waals surface area contributed by atoms with Gasteiger partial charge in [0.2, 0.25) is 5.91 Å². The molecule has 2 fully saturated rings. The summed E-state index contributed by atoms with van der Waals surface area (Å²) in [5.41, 5.74) is 0. The molecule has 4 atom stereocenters. The summed E-state index contributed by atoms with van der Waals surface area (Å²) >= 11 is 0. The third-order valence-electron chi connectivity index (χ3n) is 4.82. The van der Waals surface area contributed by atoms with E-state index < -0.39 is 0 Å². The van der Waals surface area contributed by atoms with E-state index >= 15 is 0 Å². The van der Waals surface area contributed by atoms with Crippen LogP contribution in [-0.2, 0) is 4.79 Å². The highest BCUT2D eigenvalue weighted by molar-refractivity contribution is 5.77. The lowest BCUT2D eigenvalue weighted by Gasteiger charge is -2.30. The molecule has 0 aromatic rings. The van der Waals surface area contributed by atoms with Crippen molar-refractivity contribution in [3.63, 3.8) is 0 Å². The molecule has 3 heteroatoms. The predicted octanol–water partition coefficient (Wildman–Crippen LogP) is 2.96. The minimum atomic E-state index is -0.298. The van der Waals surface area contributed by atoms with E-state index in [9.17, 15) is 9.90 Å². The number of aliphatic hydroxyl groups excluding tert-OH is 1. The molecule has 2 aliphatic rings. The van der Waals surface area contributed by atoms with E-state index in [2.05, 4.69) is 6.92 Å². The van der Waals surface area contributed by atoms with Gasteiger partial charge in [-0.05, 0) is 50.9 Å². The number of likely N-dealkylation sites (tertiary alicyclic amines) is 1. The van der Waals surface area contributed by atoms with Crippen LogP contribution in [0.5, 0.6) is 0 Å². The van der Waals surface area contributed by atoms with Crippen molar-refractivity contribution in [3.8, 4) is 0 Å². The van der Waals surface area contributed by atoms with Crippen LogP contribution in [0.25, 0.3) is 0 Å². The normalized spacial score (nSPS) is 33.4. The number of carbonyl (C=O) groups is 1. The number of hydrogen-bond acceptors (Lipinski definition) is 2. The highest BCUT2D eigenvalue weighted by atomic mass is 16.3. The van der Waals surface area contributed by atoms with E-state index in [-0.39, 0.29) is 12.1 Å². The van der Waals surface area contributed by atoms with Crippen LogP contribution in [-0.4, -0.2) is 34.6 Å². The van der Waals surface area contributed by atoms with E-state index in [1.165, 1.54) is 25.7 Å². The quantitative estimate of drug-likeness (QED) is 0.850. The molecule has 1 heterocycles. The zero-order valence-electron chi connectivity index (χ0n) is 12.5. The smallest absolute Gasteiger partial charge is 0.223 e. The van der Waals surface area contributed by atoms with E-state index in [0.29, 0.717) is 11.8 Å². The average molecular weight is 267 g/mol. The lowest BCUT2D eigenvalue weighted by atomic mass is 9.80. The van der Waals surface area contributed by atoms with Gasteiger partial charge < -0.3 is 10.0 Å². The summed E-state index contributed by atoms with van der Waals surface area (Å²) in [7, 11) is 0. The molecule has 0 bridgehead atoms. The molecule has 110 valence electrons. The van der Waals surface area contributed by atoms with Crippen LogP contribution in [0.15, 0.2) is 0 Å². The van der Waals surface area contributed by atoms with E-state index in [4.69, 9.17) is 0 Å². The molecule has 0 radical (unpaired) electrons. The van der Waals surface area contributed by atoms with Crippen LogP contribution in [0, 0.1) is 11.8 Å². The second-order valence-electron chi connectivity index (χ2n) is 6.81. The Hall–Kier alpha value is -0.570. The highest BCUT2D eigenvalue weighted by Crippen LogP contribution is 2.32. The standard InChI is InChI=1S/C16H29NO2/c1-12-5-3-6-14(9-12)11-16(19)17-8-4-7-15(17)10-13(2)18/h12-15,18H,3-11H2,1-2H3. The molecule has 0 spiro atoms. The van der Waals surface area contributed by atoms with E-state index in [0.717, 1.165) is 38.1 Å². The number of amides is 1. The van der Waals surface area contributed by atoms with E-state index in [1.807, 2.05) is 11.8 Å². The number of rotatable bonds is 4. The second kappa shape index (κ2) is 6.74. The van der Waals surface area contributed by atoms with Crippen molar-refractivity contribution in [2.45, 2.75) is 77.4 Å². The van der Waals surface area contributed by atoms with Gasteiger partial charge in [-0.3, -0.25) is 4.79 Å². The SMILES string of the molecule is CC(O)CC1CCCN1C(=O)CC1CCCC(C)C1. The molecule has 2 rings (SSSR count). The van der Waals surface area contributed by atoms with Gasteiger partial charge in [0.15, 0.2) is 0 Å². The van der Waals surface area contributed by atoms with Crippen LogP contribution < -0.4 is 0 Å². The minimum absolute atomic E-state index is 0.286. The van der Waals surface area contributed by atoms with Crippen molar-refractivity contribution in [2.75, 3.05) is 6.54 Å². The maximum atomic E-state index is 12.5. The van der Waals surface area contributed by atoms with Crippen LogP contribution in [0.2, 0.25) is 0 Å². The number of hydrogen-bond donors (Lipinski definition) is 1. The molecule has 1 saturated carbocycles. The van der Waals surface area contributed by atoms with E-state index in [1.54, 1.807) is 0 Å². The summed E-state index contributed by atoms with van der Waals surface area (Å²) in [6, 6.07) is 0.286. The first-order chi connectivity index (χ1) is 9.06. The van der Waals surface area contributed by atoms with Gasteiger partial charge in [0.1, 0.15) is 0 Å². The van der Waals surface area contributed by atoms with Crippen molar-refractivity contribution in [3.05, 3.63) is 0 Å². The molecule has 1 amide bonds. The van der Waals surface area contributed by atoms with Crippen molar-refractivity contribution in [1.82, 2.24) is 4.90 Å². The first-order valence-electron chi connectivity index (χ1n) is 8.03. The van der Waals surface area contributed by atoms with Gasteiger partial charge in [-0.25, -0.2) is 0 Å². The Morgan fingerprint density at radius 1 is 1.32 bits per heavy atom. The van der Waals surface area contributed by atoms with Gasteiger partial charge in [-0.1, -0.05) is 19.8 Å². The van der Waals surface area contributed by atoms with Gasteiger partial charge in [0, 0.05) is 19.0 Å². The predicted molar refractivity (Wildman–Crippen MR) is 76.8 cm³/mol. The molecule has 1 aliphatic carbocycles. The van der Waals surface area contributed by atoms with Gasteiger partial charge in [0.05, 0.1) is 6.10 Å². The Balaban J connectivity index is 1.84. The van der Waals surface area contributed by atoms with Crippen LogP contribution in [0.3, 0.4) is 0 Å². The van der Waals surface area contributed by atoms with Crippen LogP contribution >= 0.6 is 0 Å². The molecule has 1 N–H and O–H groups in total. The molecule has 19 heavy (non-hydrogen) atoms. The maximum absolute atomic E-state index is 12.5. The first kappa shape index (κ1) is 14.8. The topological polar surface area (TPSA) is 40.5 Å². The third-order valence-corrected chi connectivity index (χ3v) is 4.82. The number of aliphatic hydroxyl groups is 1. The van der Waals surface area contributed by atoms with Crippen molar-refractivity contribution >= 4 is 5.91 Å². The van der Waals surface area contributed by atoms with Gasteiger partial charge in [-0.2, -0.15) is 0 Å². The lowest BCUT2D eigenvalue weighted by molar-refractivity contribution is -0.133. The van der Waals surface area contributed by atoms with Crippen molar-refractivity contribution in [1.29, 1.82) is 0 Å². The van der Waals surface area contributed by atoms with Gasteiger partial charge in [0.25, 0.3) is 0 Å². The van der Waals surface area contributed by atoms with Crippen molar-refractivity contribution < 1.29 is 9.90 Å². The Morgan fingerprint density at radius 3 is 2.79 bits per heavy atom. The Bertz CT molecular complexity index is 303. The molecular weight excluding hydrogens is 238 g/mol. The Labute approximate surface area is 117 Å². The van der Waals surface area contributed by atoms with Crippen LogP contribution in [0.4, 0.5) is 0 Å². The molecule has 3 nitrogen and oxygen atoms in total. The zero-order chi connectivity index (χ0) is 13.8.